The van der Waals surface area contributed by atoms with Gasteiger partial charge in [0, 0.05) is 75.3 Å². The fourth-order valence-electron chi connectivity index (χ4n) is 8.66. The molecule has 13 heteroatoms. The molecule has 0 bridgehead atoms. The van der Waals surface area contributed by atoms with Crippen molar-refractivity contribution in [2.45, 2.75) is 83.7 Å². The normalized spacial score (nSPS) is 21.8. The quantitative estimate of drug-likeness (QED) is 0.145. The van der Waals surface area contributed by atoms with Crippen LogP contribution in [0.5, 0.6) is 11.6 Å². The molecule has 3 fully saturated rings. The molecule has 1 saturated carbocycles. The van der Waals surface area contributed by atoms with Crippen molar-refractivity contribution in [2.75, 3.05) is 39.4 Å². The van der Waals surface area contributed by atoms with Gasteiger partial charge in [-0.1, -0.05) is 36.4 Å². The van der Waals surface area contributed by atoms with Gasteiger partial charge in [0.15, 0.2) is 0 Å². The van der Waals surface area contributed by atoms with Crippen LogP contribution >= 0.6 is 0 Å². The number of aromatic nitrogens is 3. The first-order valence-corrected chi connectivity index (χ1v) is 20.5. The molecule has 5 heterocycles. The molecule has 2 saturated heterocycles. The van der Waals surface area contributed by atoms with Crippen molar-refractivity contribution in [1.82, 2.24) is 40.1 Å². The number of hydrogen-bond acceptors (Lipinski definition) is 9. The van der Waals surface area contributed by atoms with Gasteiger partial charge in [-0.05, 0) is 99.0 Å². The molecule has 0 unspecified atom stereocenters. The number of rotatable bonds is 11. The van der Waals surface area contributed by atoms with E-state index in [2.05, 4.69) is 73.8 Å². The van der Waals surface area contributed by atoms with E-state index < -0.39 is 11.7 Å². The lowest BCUT2D eigenvalue weighted by atomic mass is 9.91. The molecule has 304 valence electrons. The van der Waals surface area contributed by atoms with Crippen molar-refractivity contribution >= 4 is 17.5 Å². The van der Waals surface area contributed by atoms with Gasteiger partial charge in [-0.15, -0.1) is 0 Å². The number of aryl methyl sites for hydroxylation is 1. The SMILES string of the molecule is Cc1cccc2nc(C(=O)N[C@H]3CC[C@H](NC(=O)c4cc(F)cnc4Oc4cccc(-c5ccc(CN6C[C@@H](C)N[C@@H](C)C6)cc5CN5CCOCC5)c4)CC3)cn12. The number of morpholine rings is 1. The summed E-state index contributed by atoms with van der Waals surface area (Å²) in [6.45, 7) is 13.3. The minimum atomic E-state index is -0.627. The molecule has 8 rings (SSSR count). The van der Waals surface area contributed by atoms with Gasteiger partial charge >= 0.3 is 0 Å². The molecule has 0 radical (unpaired) electrons. The lowest BCUT2D eigenvalue weighted by Crippen LogP contribution is -2.53. The van der Waals surface area contributed by atoms with Crippen LogP contribution in [-0.2, 0) is 17.8 Å². The third kappa shape index (κ3) is 9.56. The zero-order valence-corrected chi connectivity index (χ0v) is 33.5. The summed E-state index contributed by atoms with van der Waals surface area (Å²) < 4.78 is 28.4. The second kappa shape index (κ2) is 17.7. The number of nitrogens with one attached hydrogen (secondary N) is 3. The van der Waals surface area contributed by atoms with Gasteiger partial charge in [-0.25, -0.2) is 14.4 Å². The van der Waals surface area contributed by atoms with Gasteiger partial charge < -0.3 is 29.8 Å². The van der Waals surface area contributed by atoms with Gasteiger partial charge in [0.1, 0.15) is 28.5 Å². The summed E-state index contributed by atoms with van der Waals surface area (Å²) in [5.41, 5.74) is 6.71. The minimum Gasteiger partial charge on any atom is -0.438 e. The molecular formula is C45H53FN8O4. The van der Waals surface area contributed by atoms with E-state index in [9.17, 15) is 14.0 Å². The van der Waals surface area contributed by atoms with Crippen LogP contribution in [0.25, 0.3) is 16.8 Å². The third-order valence-electron chi connectivity index (χ3n) is 11.5. The highest BCUT2D eigenvalue weighted by Gasteiger charge is 2.27. The second-order valence-electron chi connectivity index (χ2n) is 16.2. The van der Waals surface area contributed by atoms with Crippen LogP contribution in [0, 0.1) is 12.7 Å². The maximum absolute atomic E-state index is 14.6. The molecule has 3 aliphatic rings. The number of halogens is 1. The van der Waals surface area contributed by atoms with Crippen LogP contribution in [-0.4, -0.2) is 99.5 Å². The molecule has 58 heavy (non-hydrogen) atoms. The van der Waals surface area contributed by atoms with E-state index in [0.29, 0.717) is 49.2 Å². The highest BCUT2D eigenvalue weighted by Crippen LogP contribution is 2.32. The Kier molecular flexibility index (Phi) is 12.1. The van der Waals surface area contributed by atoms with E-state index in [4.69, 9.17) is 9.47 Å². The molecule has 12 nitrogen and oxygen atoms in total. The molecule has 2 aliphatic heterocycles. The van der Waals surface area contributed by atoms with E-state index >= 15 is 0 Å². The Hall–Kier alpha value is -5.21. The summed E-state index contributed by atoms with van der Waals surface area (Å²) >= 11 is 0. The number of nitrogens with zero attached hydrogens (tertiary/aromatic N) is 5. The Balaban J connectivity index is 0.933. The first kappa shape index (κ1) is 39.6. The van der Waals surface area contributed by atoms with Crippen LogP contribution < -0.4 is 20.7 Å². The number of hydrogen-bond donors (Lipinski definition) is 3. The summed E-state index contributed by atoms with van der Waals surface area (Å²) in [4.78, 5) is 40.3. The largest absolute Gasteiger partial charge is 0.438 e. The second-order valence-corrected chi connectivity index (χ2v) is 16.2. The maximum atomic E-state index is 14.6. The zero-order valence-electron chi connectivity index (χ0n) is 33.5. The fourth-order valence-corrected chi connectivity index (χ4v) is 8.66. The van der Waals surface area contributed by atoms with E-state index in [-0.39, 0.29) is 29.4 Å². The van der Waals surface area contributed by atoms with E-state index in [1.807, 2.05) is 47.7 Å². The smallest absolute Gasteiger partial charge is 0.271 e. The lowest BCUT2D eigenvalue weighted by molar-refractivity contribution is 0.0342. The van der Waals surface area contributed by atoms with E-state index in [1.165, 1.54) is 17.2 Å². The van der Waals surface area contributed by atoms with Crippen molar-refractivity contribution < 1.29 is 23.5 Å². The predicted molar refractivity (Wildman–Crippen MR) is 220 cm³/mol. The Morgan fingerprint density at radius 2 is 1.60 bits per heavy atom. The number of ether oxygens (including phenoxy) is 2. The Morgan fingerprint density at radius 3 is 2.34 bits per heavy atom. The Labute approximate surface area is 339 Å². The molecule has 2 amide bonds. The van der Waals surface area contributed by atoms with Crippen molar-refractivity contribution in [2.24, 2.45) is 0 Å². The first-order chi connectivity index (χ1) is 28.1. The van der Waals surface area contributed by atoms with Gasteiger partial charge in [0.05, 0.1) is 19.4 Å². The molecule has 2 atom stereocenters. The van der Waals surface area contributed by atoms with Gasteiger partial charge in [-0.2, -0.15) is 0 Å². The van der Waals surface area contributed by atoms with Crippen LogP contribution in [0.15, 0.2) is 79.1 Å². The first-order valence-electron chi connectivity index (χ1n) is 20.5. The molecule has 3 N–H and O–H groups in total. The number of pyridine rings is 2. The van der Waals surface area contributed by atoms with Crippen LogP contribution in [0.2, 0.25) is 0 Å². The molecular weight excluding hydrogens is 736 g/mol. The van der Waals surface area contributed by atoms with E-state index in [1.54, 1.807) is 6.20 Å². The Morgan fingerprint density at radius 1 is 0.879 bits per heavy atom. The van der Waals surface area contributed by atoms with E-state index in [0.717, 1.165) is 81.1 Å². The Bertz CT molecular complexity index is 2240. The number of carbonyl (C=O) groups excluding carboxylic acids is 2. The standard InChI is InChI=1S/C45H53FN8O4/c1-29-24-53(25-30(2)48-29)26-32-10-15-39(34(20-32)27-52-16-18-57-19-17-52)33-7-5-8-38(21-33)58-45-40(22-35(46)23-47-45)43(55)49-36-11-13-37(14-12-36)50-44(56)41-28-54-31(3)6-4-9-42(54)51-41/h4-10,15,20-23,28-30,36-37,48H,11-14,16-19,24-27H2,1-3H3,(H,49,55)(H,50,56)/t29-,30+,36-,37-. The van der Waals surface area contributed by atoms with Crippen molar-refractivity contribution in [3.63, 3.8) is 0 Å². The fraction of sp³-hybridized carbons (Fsp3) is 0.422. The zero-order chi connectivity index (χ0) is 40.2. The number of imidazole rings is 1. The number of amides is 2. The van der Waals surface area contributed by atoms with Crippen LogP contribution in [0.1, 0.15) is 77.2 Å². The number of benzene rings is 2. The molecule has 5 aromatic rings. The summed E-state index contributed by atoms with van der Waals surface area (Å²) in [6, 6.07) is 22.2. The van der Waals surface area contributed by atoms with Gasteiger partial charge in [0.2, 0.25) is 5.88 Å². The molecule has 2 aromatic carbocycles. The topological polar surface area (TPSA) is 125 Å². The molecule has 1 aliphatic carbocycles. The van der Waals surface area contributed by atoms with Gasteiger partial charge in [-0.3, -0.25) is 19.4 Å². The average Bonchev–Trinajstić information content (AvgIpc) is 3.66. The van der Waals surface area contributed by atoms with Crippen molar-refractivity contribution in [3.05, 3.63) is 113 Å². The number of piperazine rings is 1. The van der Waals surface area contributed by atoms with Crippen LogP contribution in [0.4, 0.5) is 4.39 Å². The third-order valence-corrected chi connectivity index (χ3v) is 11.5. The van der Waals surface area contributed by atoms with Crippen molar-refractivity contribution in [1.29, 1.82) is 0 Å². The summed E-state index contributed by atoms with van der Waals surface area (Å²) in [5, 5.41) is 9.80. The lowest BCUT2D eigenvalue weighted by Gasteiger charge is -2.36. The number of fused-ring (bicyclic) bond motifs is 1. The van der Waals surface area contributed by atoms with Crippen molar-refractivity contribution in [3.8, 4) is 22.8 Å². The maximum Gasteiger partial charge on any atom is 0.271 e. The molecule has 0 spiro atoms. The summed E-state index contributed by atoms with van der Waals surface area (Å²) in [7, 11) is 0. The minimum absolute atomic E-state index is 0.0249. The predicted octanol–water partition coefficient (Wildman–Crippen LogP) is 6.12. The summed E-state index contributed by atoms with van der Waals surface area (Å²) in [5.74, 6) is -0.775. The highest BCUT2D eigenvalue weighted by molar-refractivity contribution is 5.96. The van der Waals surface area contributed by atoms with Crippen LogP contribution in [0.3, 0.4) is 0 Å². The molecule has 3 aromatic heterocycles. The average molecular weight is 789 g/mol. The monoisotopic (exact) mass is 788 g/mol. The summed E-state index contributed by atoms with van der Waals surface area (Å²) in [6.07, 6.45) is 5.49. The number of carbonyl (C=O) groups is 2. The van der Waals surface area contributed by atoms with Gasteiger partial charge in [0.25, 0.3) is 11.8 Å². The highest BCUT2D eigenvalue weighted by atomic mass is 19.1.